The van der Waals surface area contributed by atoms with Crippen LogP contribution < -0.4 is 4.72 Å². The number of ether oxygens (including phenoxy) is 1. The number of nitrogens with zero attached hydrogens (tertiary/aromatic N) is 2. The molecular formula is C15H20N3O5S-. The summed E-state index contributed by atoms with van der Waals surface area (Å²) >= 11 is -2.40. The Morgan fingerprint density at radius 2 is 2.00 bits per heavy atom. The molecule has 0 aromatic heterocycles. The van der Waals surface area contributed by atoms with Crippen LogP contribution in [0.2, 0.25) is 0 Å². The third-order valence-corrected chi connectivity index (χ3v) is 4.15. The first-order valence-corrected chi connectivity index (χ1v) is 8.68. The summed E-state index contributed by atoms with van der Waals surface area (Å²) in [6, 6.07) is 6.07. The van der Waals surface area contributed by atoms with Crippen LogP contribution in [0.1, 0.15) is 24.2 Å². The zero-order valence-electron chi connectivity index (χ0n) is 13.6. The molecule has 0 aliphatic carbocycles. The van der Waals surface area contributed by atoms with Gasteiger partial charge in [-0.3, -0.25) is 9.00 Å². The lowest BCUT2D eigenvalue weighted by atomic mass is 10.1. The van der Waals surface area contributed by atoms with Crippen molar-refractivity contribution in [2.24, 2.45) is 0 Å². The van der Waals surface area contributed by atoms with Gasteiger partial charge in [-0.05, 0) is 38.1 Å². The number of piperazine rings is 1. The van der Waals surface area contributed by atoms with Gasteiger partial charge in [0.05, 0.1) is 6.61 Å². The van der Waals surface area contributed by atoms with Gasteiger partial charge in [0.2, 0.25) is 0 Å². The van der Waals surface area contributed by atoms with Crippen LogP contribution in [0.5, 0.6) is 0 Å². The highest BCUT2D eigenvalue weighted by Gasteiger charge is 2.30. The van der Waals surface area contributed by atoms with E-state index in [-0.39, 0.29) is 18.0 Å². The van der Waals surface area contributed by atoms with Gasteiger partial charge in [-0.15, -0.1) is 0 Å². The summed E-state index contributed by atoms with van der Waals surface area (Å²) in [5.41, 5.74) is 0.855. The molecule has 9 heteroatoms. The maximum atomic E-state index is 12.6. The molecule has 0 spiro atoms. The molecule has 132 valence electrons. The van der Waals surface area contributed by atoms with Crippen molar-refractivity contribution in [3.8, 4) is 0 Å². The first-order chi connectivity index (χ1) is 11.4. The molecule has 1 unspecified atom stereocenters. The minimum Gasteiger partial charge on any atom is -0.755 e. The maximum Gasteiger partial charge on any atom is 0.409 e. The second-order valence-corrected chi connectivity index (χ2v) is 6.08. The third kappa shape index (κ3) is 4.45. The highest BCUT2D eigenvalue weighted by atomic mass is 32.2. The van der Waals surface area contributed by atoms with Gasteiger partial charge in [0.25, 0.3) is 5.91 Å². The molecule has 8 nitrogen and oxygen atoms in total. The standard InChI is InChI=1S/C15H21N3O5S/c1-3-23-15(20)17-8-9-18(11(2)10-17)14(19)12-4-6-13(7-5-12)16-24(21)22/h4-7,11,16H,3,8-10H2,1-2H3,(H,21,22)/p-1/t11-/m1/s1. The predicted molar refractivity (Wildman–Crippen MR) is 88.1 cm³/mol. The van der Waals surface area contributed by atoms with Crippen molar-refractivity contribution < 1.29 is 23.1 Å². The molecule has 0 radical (unpaired) electrons. The highest BCUT2D eigenvalue weighted by Crippen LogP contribution is 2.17. The lowest BCUT2D eigenvalue weighted by Gasteiger charge is -2.39. The van der Waals surface area contributed by atoms with Crippen molar-refractivity contribution in [1.29, 1.82) is 0 Å². The van der Waals surface area contributed by atoms with Gasteiger partial charge in [-0.2, -0.15) is 0 Å². The third-order valence-electron chi connectivity index (χ3n) is 3.75. The second-order valence-electron chi connectivity index (χ2n) is 5.41. The van der Waals surface area contributed by atoms with Crippen LogP contribution in [-0.2, 0) is 16.0 Å². The first-order valence-electron chi connectivity index (χ1n) is 7.61. The lowest BCUT2D eigenvalue weighted by molar-refractivity contribution is 0.0423. The molecule has 1 aliphatic heterocycles. The quantitative estimate of drug-likeness (QED) is 0.819. The number of anilines is 1. The van der Waals surface area contributed by atoms with Crippen LogP contribution in [-0.4, -0.2) is 62.8 Å². The summed E-state index contributed by atoms with van der Waals surface area (Å²) in [5, 5.41) is 0. The normalized spacial score (nSPS) is 18.9. The number of amides is 2. The van der Waals surface area contributed by atoms with E-state index < -0.39 is 11.3 Å². The van der Waals surface area contributed by atoms with E-state index in [0.29, 0.717) is 37.5 Å². The van der Waals surface area contributed by atoms with Gasteiger partial charge >= 0.3 is 6.09 Å². The fraction of sp³-hybridized carbons (Fsp3) is 0.467. The molecule has 2 atom stereocenters. The molecule has 1 aliphatic rings. The largest absolute Gasteiger partial charge is 0.755 e. The fourth-order valence-electron chi connectivity index (χ4n) is 2.58. The van der Waals surface area contributed by atoms with Crippen molar-refractivity contribution >= 4 is 29.0 Å². The Bertz CT molecular complexity index is 622. The van der Waals surface area contributed by atoms with Crippen LogP contribution in [0.25, 0.3) is 0 Å². The van der Waals surface area contributed by atoms with Crippen molar-refractivity contribution in [2.45, 2.75) is 19.9 Å². The smallest absolute Gasteiger partial charge is 0.409 e. The fourth-order valence-corrected chi connectivity index (χ4v) is 2.91. The molecule has 1 N–H and O–H groups in total. The maximum absolute atomic E-state index is 12.6. The van der Waals surface area contributed by atoms with Crippen LogP contribution >= 0.6 is 0 Å². The number of carbonyl (C=O) groups is 2. The second kappa shape index (κ2) is 8.11. The predicted octanol–water partition coefficient (Wildman–Crippen LogP) is 1.20. The average molecular weight is 354 g/mol. The number of hydrogen-bond acceptors (Lipinski definition) is 5. The van der Waals surface area contributed by atoms with E-state index >= 15 is 0 Å². The molecule has 24 heavy (non-hydrogen) atoms. The molecule has 0 saturated carbocycles. The van der Waals surface area contributed by atoms with E-state index in [0.717, 1.165) is 0 Å². The number of carbonyl (C=O) groups excluding carboxylic acids is 2. The van der Waals surface area contributed by atoms with E-state index in [9.17, 15) is 18.4 Å². The van der Waals surface area contributed by atoms with Gasteiger partial charge in [-0.1, -0.05) is 0 Å². The van der Waals surface area contributed by atoms with Crippen molar-refractivity contribution in [3.05, 3.63) is 29.8 Å². The van der Waals surface area contributed by atoms with Crippen LogP contribution in [0.15, 0.2) is 24.3 Å². The minimum absolute atomic E-state index is 0.136. The van der Waals surface area contributed by atoms with E-state index in [4.69, 9.17) is 4.74 Å². The van der Waals surface area contributed by atoms with E-state index in [1.165, 1.54) is 12.1 Å². The lowest BCUT2D eigenvalue weighted by Crippen LogP contribution is -2.55. The Hall–Kier alpha value is -2.13. The van der Waals surface area contributed by atoms with Gasteiger partial charge in [0.1, 0.15) is 0 Å². The Morgan fingerprint density at radius 3 is 2.54 bits per heavy atom. The Morgan fingerprint density at radius 1 is 1.33 bits per heavy atom. The SMILES string of the molecule is CCOC(=O)N1CCN(C(=O)c2ccc(NS(=O)[O-])cc2)[C@H](C)C1. The summed E-state index contributed by atoms with van der Waals surface area (Å²) in [6.07, 6.45) is -0.363. The molecular weight excluding hydrogens is 334 g/mol. The van der Waals surface area contributed by atoms with Crippen molar-refractivity contribution in [3.63, 3.8) is 0 Å². The first kappa shape index (κ1) is 18.2. The van der Waals surface area contributed by atoms with Crippen molar-refractivity contribution in [1.82, 2.24) is 9.80 Å². The Balaban J connectivity index is 2.00. The molecule has 2 amide bonds. The number of nitrogens with one attached hydrogen (secondary N) is 1. The zero-order chi connectivity index (χ0) is 17.7. The van der Waals surface area contributed by atoms with Crippen LogP contribution in [0.3, 0.4) is 0 Å². The number of benzene rings is 1. The van der Waals surface area contributed by atoms with Gasteiger partial charge in [0, 0.05) is 48.2 Å². The molecule has 0 bridgehead atoms. The summed E-state index contributed by atoms with van der Waals surface area (Å²) in [5.74, 6) is -0.152. The van der Waals surface area contributed by atoms with Crippen LogP contribution in [0, 0.1) is 0 Å². The van der Waals surface area contributed by atoms with Crippen LogP contribution in [0.4, 0.5) is 10.5 Å². The summed E-state index contributed by atoms with van der Waals surface area (Å²) < 4.78 is 28.4. The summed E-state index contributed by atoms with van der Waals surface area (Å²) in [6.45, 7) is 5.20. The topological polar surface area (TPSA) is 102 Å². The number of hydrogen-bond donors (Lipinski definition) is 1. The zero-order valence-corrected chi connectivity index (χ0v) is 14.4. The molecule has 1 aromatic carbocycles. The Kier molecular flexibility index (Phi) is 6.16. The van der Waals surface area contributed by atoms with E-state index in [1.807, 2.05) is 6.92 Å². The van der Waals surface area contributed by atoms with E-state index in [1.54, 1.807) is 28.9 Å². The van der Waals surface area contributed by atoms with E-state index in [2.05, 4.69) is 4.72 Å². The highest BCUT2D eigenvalue weighted by molar-refractivity contribution is 7.80. The summed E-state index contributed by atoms with van der Waals surface area (Å²) in [7, 11) is 0. The Labute approximate surface area is 143 Å². The molecule has 1 fully saturated rings. The molecule has 2 rings (SSSR count). The molecule has 1 aromatic rings. The van der Waals surface area contributed by atoms with Gasteiger partial charge in [-0.25, -0.2) is 4.79 Å². The minimum atomic E-state index is -2.40. The molecule has 1 saturated heterocycles. The number of rotatable bonds is 4. The monoisotopic (exact) mass is 354 g/mol. The van der Waals surface area contributed by atoms with Gasteiger partial charge < -0.3 is 23.8 Å². The average Bonchev–Trinajstić information content (AvgIpc) is 2.54. The van der Waals surface area contributed by atoms with Gasteiger partial charge in [0.15, 0.2) is 0 Å². The van der Waals surface area contributed by atoms with Crippen molar-refractivity contribution in [2.75, 3.05) is 31.0 Å². The molecule has 1 heterocycles. The summed E-state index contributed by atoms with van der Waals surface area (Å²) in [4.78, 5) is 27.6.